The summed E-state index contributed by atoms with van der Waals surface area (Å²) in [6.07, 6.45) is 4.01. The van der Waals surface area contributed by atoms with Crippen LogP contribution in [0, 0.1) is 29.0 Å². The van der Waals surface area contributed by atoms with Gasteiger partial charge in [0.05, 0.1) is 11.6 Å². The van der Waals surface area contributed by atoms with Gasteiger partial charge in [0.1, 0.15) is 5.82 Å². The molecule has 1 aromatic rings. The van der Waals surface area contributed by atoms with E-state index < -0.39 is 5.82 Å². The molecule has 0 saturated heterocycles. The number of halogens is 1. The van der Waals surface area contributed by atoms with Crippen LogP contribution in [0.5, 0.6) is 0 Å². The van der Waals surface area contributed by atoms with E-state index in [2.05, 4.69) is 12.2 Å². The average molecular weight is 274 g/mol. The average Bonchev–Trinajstić information content (AvgIpc) is 2.46. The molecule has 0 radical (unpaired) electrons. The van der Waals surface area contributed by atoms with E-state index in [4.69, 9.17) is 5.26 Å². The lowest BCUT2D eigenvalue weighted by Gasteiger charge is -2.25. The van der Waals surface area contributed by atoms with Crippen LogP contribution in [0.25, 0.3) is 0 Å². The molecule has 1 saturated carbocycles. The molecule has 1 aliphatic carbocycles. The molecule has 3 nitrogen and oxygen atoms in total. The lowest BCUT2D eigenvalue weighted by molar-refractivity contribution is -0.126. The van der Waals surface area contributed by atoms with E-state index >= 15 is 0 Å². The lowest BCUT2D eigenvalue weighted by Crippen LogP contribution is -2.32. The van der Waals surface area contributed by atoms with Crippen molar-refractivity contribution in [1.29, 1.82) is 5.26 Å². The van der Waals surface area contributed by atoms with Crippen molar-refractivity contribution < 1.29 is 9.18 Å². The minimum atomic E-state index is -0.443. The van der Waals surface area contributed by atoms with Gasteiger partial charge >= 0.3 is 0 Å². The second-order valence-electron chi connectivity index (χ2n) is 5.59. The van der Waals surface area contributed by atoms with Gasteiger partial charge in [0.15, 0.2) is 0 Å². The first kappa shape index (κ1) is 14.5. The van der Waals surface area contributed by atoms with Gasteiger partial charge in [0.25, 0.3) is 0 Å². The van der Waals surface area contributed by atoms with Crippen LogP contribution in [0.1, 0.15) is 43.7 Å². The fourth-order valence-corrected chi connectivity index (χ4v) is 2.61. The van der Waals surface area contributed by atoms with E-state index in [0.29, 0.717) is 17.0 Å². The highest BCUT2D eigenvalue weighted by Crippen LogP contribution is 2.28. The van der Waals surface area contributed by atoms with Crippen molar-refractivity contribution in [3.63, 3.8) is 0 Å². The maximum atomic E-state index is 13.7. The van der Waals surface area contributed by atoms with Gasteiger partial charge in [-0.2, -0.15) is 5.26 Å². The first-order chi connectivity index (χ1) is 9.60. The Morgan fingerprint density at radius 3 is 2.70 bits per heavy atom. The maximum Gasteiger partial charge on any atom is 0.223 e. The number of hydrogen-bond donors (Lipinski definition) is 1. The molecular formula is C16H19FN2O. The monoisotopic (exact) mass is 274 g/mol. The van der Waals surface area contributed by atoms with Crippen molar-refractivity contribution in [2.75, 3.05) is 0 Å². The second kappa shape index (κ2) is 6.51. The van der Waals surface area contributed by atoms with Gasteiger partial charge in [-0.15, -0.1) is 0 Å². The summed E-state index contributed by atoms with van der Waals surface area (Å²) in [5.41, 5.74) is 0.709. The Hall–Kier alpha value is -1.89. The Bertz CT molecular complexity index is 528. The molecule has 1 aliphatic rings. The summed E-state index contributed by atoms with van der Waals surface area (Å²) in [6, 6.07) is 6.20. The van der Waals surface area contributed by atoms with E-state index in [0.717, 1.165) is 25.7 Å². The number of benzene rings is 1. The van der Waals surface area contributed by atoms with Crippen LogP contribution in [0.3, 0.4) is 0 Å². The van der Waals surface area contributed by atoms with E-state index in [1.807, 2.05) is 6.07 Å². The van der Waals surface area contributed by atoms with Gasteiger partial charge < -0.3 is 5.32 Å². The van der Waals surface area contributed by atoms with Crippen molar-refractivity contribution in [2.24, 2.45) is 11.8 Å². The van der Waals surface area contributed by atoms with Gasteiger partial charge in [-0.3, -0.25) is 4.79 Å². The second-order valence-corrected chi connectivity index (χ2v) is 5.59. The predicted molar refractivity (Wildman–Crippen MR) is 74.1 cm³/mol. The van der Waals surface area contributed by atoms with Crippen LogP contribution in [-0.2, 0) is 11.3 Å². The highest BCUT2D eigenvalue weighted by molar-refractivity contribution is 5.78. The van der Waals surface area contributed by atoms with Crippen molar-refractivity contribution in [3.05, 3.63) is 35.1 Å². The van der Waals surface area contributed by atoms with Crippen molar-refractivity contribution in [1.82, 2.24) is 5.32 Å². The van der Waals surface area contributed by atoms with Gasteiger partial charge in [-0.25, -0.2) is 4.39 Å². The molecule has 0 atom stereocenters. The largest absolute Gasteiger partial charge is 0.352 e. The zero-order chi connectivity index (χ0) is 14.5. The zero-order valence-electron chi connectivity index (χ0n) is 11.7. The standard InChI is InChI=1S/C16H19FN2O/c1-11-2-5-13(6-3-11)16(20)19-10-14-7-4-12(9-18)8-15(14)17/h4,7-8,11,13H,2-3,5-6,10H2,1H3,(H,19,20). The summed E-state index contributed by atoms with van der Waals surface area (Å²) in [6.45, 7) is 2.39. The van der Waals surface area contributed by atoms with Crippen LogP contribution in [0.2, 0.25) is 0 Å². The molecule has 1 fully saturated rings. The Morgan fingerprint density at radius 2 is 2.10 bits per heavy atom. The van der Waals surface area contributed by atoms with Crippen LogP contribution in [-0.4, -0.2) is 5.91 Å². The fraction of sp³-hybridized carbons (Fsp3) is 0.500. The van der Waals surface area contributed by atoms with Gasteiger partial charge in [-0.1, -0.05) is 13.0 Å². The summed E-state index contributed by atoms with van der Waals surface area (Å²) in [4.78, 5) is 12.0. The highest BCUT2D eigenvalue weighted by Gasteiger charge is 2.24. The molecule has 0 aromatic heterocycles. The predicted octanol–water partition coefficient (Wildman–Crippen LogP) is 3.14. The number of rotatable bonds is 3. The molecule has 1 amide bonds. The number of carbonyl (C=O) groups excluding carboxylic acids is 1. The smallest absolute Gasteiger partial charge is 0.223 e. The topological polar surface area (TPSA) is 52.9 Å². The van der Waals surface area contributed by atoms with Gasteiger partial charge in [0, 0.05) is 18.0 Å². The van der Waals surface area contributed by atoms with E-state index in [1.165, 1.54) is 6.07 Å². The van der Waals surface area contributed by atoms with Gasteiger partial charge in [-0.05, 0) is 43.7 Å². The third-order valence-electron chi connectivity index (χ3n) is 4.02. The summed E-state index contributed by atoms with van der Waals surface area (Å²) < 4.78 is 13.7. The Balaban J connectivity index is 1.89. The van der Waals surface area contributed by atoms with E-state index in [9.17, 15) is 9.18 Å². The Morgan fingerprint density at radius 1 is 1.40 bits per heavy atom. The Labute approximate surface area is 118 Å². The molecule has 106 valence electrons. The molecule has 0 unspecified atom stereocenters. The normalized spacial score (nSPS) is 22.1. The zero-order valence-corrected chi connectivity index (χ0v) is 11.7. The molecule has 0 bridgehead atoms. The lowest BCUT2D eigenvalue weighted by atomic mass is 9.82. The summed E-state index contributed by atoms with van der Waals surface area (Å²) in [7, 11) is 0. The molecule has 0 spiro atoms. The number of hydrogen-bond acceptors (Lipinski definition) is 2. The number of nitrogens with zero attached hydrogens (tertiary/aromatic N) is 1. The van der Waals surface area contributed by atoms with E-state index in [-0.39, 0.29) is 18.4 Å². The first-order valence-electron chi connectivity index (χ1n) is 7.06. The maximum absolute atomic E-state index is 13.7. The van der Waals surface area contributed by atoms with Crippen LogP contribution < -0.4 is 5.32 Å². The molecular weight excluding hydrogens is 255 g/mol. The minimum absolute atomic E-state index is 0.0145. The molecule has 20 heavy (non-hydrogen) atoms. The molecule has 2 rings (SSSR count). The molecule has 0 aliphatic heterocycles. The third-order valence-corrected chi connectivity index (χ3v) is 4.02. The quantitative estimate of drug-likeness (QED) is 0.920. The van der Waals surface area contributed by atoms with Crippen LogP contribution >= 0.6 is 0 Å². The fourth-order valence-electron chi connectivity index (χ4n) is 2.61. The molecule has 4 heteroatoms. The van der Waals surface area contributed by atoms with Crippen LogP contribution in [0.4, 0.5) is 4.39 Å². The van der Waals surface area contributed by atoms with Crippen molar-refractivity contribution >= 4 is 5.91 Å². The number of nitrogens with one attached hydrogen (secondary N) is 1. The highest BCUT2D eigenvalue weighted by atomic mass is 19.1. The molecule has 1 N–H and O–H groups in total. The van der Waals surface area contributed by atoms with Crippen molar-refractivity contribution in [3.8, 4) is 6.07 Å². The number of amides is 1. The first-order valence-corrected chi connectivity index (χ1v) is 7.06. The SMILES string of the molecule is CC1CCC(C(=O)NCc2ccc(C#N)cc2F)CC1. The van der Waals surface area contributed by atoms with Gasteiger partial charge in [0.2, 0.25) is 5.91 Å². The van der Waals surface area contributed by atoms with E-state index in [1.54, 1.807) is 12.1 Å². The summed E-state index contributed by atoms with van der Waals surface area (Å²) >= 11 is 0. The summed E-state index contributed by atoms with van der Waals surface area (Å²) in [5.74, 6) is 0.338. The molecule has 0 heterocycles. The number of carbonyl (C=O) groups is 1. The molecule has 1 aromatic carbocycles. The van der Waals surface area contributed by atoms with Crippen molar-refractivity contribution in [2.45, 2.75) is 39.2 Å². The Kier molecular flexibility index (Phi) is 4.73. The third kappa shape index (κ3) is 3.57. The summed E-state index contributed by atoms with van der Waals surface area (Å²) in [5, 5.41) is 11.5. The number of nitriles is 1. The van der Waals surface area contributed by atoms with Crippen LogP contribution in [0.15, 0.2) is 18.2 Å². The minimum Gasteiger partial charge on any atom is -0.352 e.